The topological polar surface area (TPSA) is 83.0 Å². The lowest BCUT2D eigenvalue weighted by Crippen LogP contribution is -2.22. The zero-order chi connectivity index (χ0) is 17.7. The molecule has 1 N–H and O–H groups in total. The number of benzene rings is 2. The number of hydrazone groups is 1. The standard InChI is InChI=1S/C16H14BrClN2O4/c1-23-14-6-10(11(17)7-15(14)24-2)8-19-20-13-5-9(16(21)22)3-4-12(13)18/h3-8,20H,1-2H3,(H,21,22)/p-1/b19-8-. The normalized spacial score (nSPS) is 10.7. The Morgan fingerprint density at radius 1 is 1.25 bits per heavy atom. The zero-order valence-corrected chi connectivity index (χ0v) is 15.1. The van der Waals surface area contributed by atoms with E-state index in [1.807, 2.05) is 0 Å². The molecule has 0 atom stereocenters. The molecular formula is C16H13BrClN2O4-. The van der Waals surface area contributed by atoms with E-state index in [-0.39, 0.29) is 5.56 Å². The van der Waals surface area contributed by atoms with Gasteiger partial charge in [0.15, 0.2) is 11.5 Å². The van der Waals surface area contributed by atoms with Gasteiger partial charge in [0, 0.05) is 10.0 Å². The predicted molar refractivity (Wildman–Crippen MR) is 94.2 cm³/mol. The maximum Gasteiger partial charge on any atom is 0.161 e. The number of nitrogens with one attached hydrogen (secondary N) is 1. The molecule has 0 saturated carbocycles. The number of carbonyl (C=O) groups is 1. The predicted octanol–water partition coefficient (Wildman–Crippen LogP) is 2.93. The first kappa shape index (κ1) is 18.1. The average Bonchev–Trinajstić information content (AvgIpc) is 2.57. The molecule has 24 heavy (non-hydrogen) atoms. The largest absolute Gasteiger partial charge is 0.545 e. The number of methoxy groups -OCH3 is 2. The molecule has 0 saturated heterocycles. The molecule has 6 nitrogen and oxygen atoms in total. The van der Waals surface area contributed by atoms with Crippen molar-refractivity contribution < 1.29 is 19.4 Å². The van der Waals surface area contributed by atoms with Crippen LogP contribution >= 0.6 is 27.5 Å². The molecule has 0 aromatic heterocycles. The van der Waals surface area contributed by atoms with E-state index in [1.54, 1.807) is 19.2 Å². The Bertz CT molecular complexity index is 796. The summed E-state index contributed by atoms with van der Waals surface area (Å²) in [5.41, 5.74) is 3.79. The monoisotopic (exact) mass is 411 g/mol. The van der Waals surface area contributed by atoms with Gasteiger partial charge < -0.3 is 19.4 Å². The lowest BCUT2D eigenvalue weighted by molar-refractivity contribution is -0.255. The van der Waals surface area contributed by atoms with Crippen molar-refractivity contribution in [2.45, 2.75) is 0 Å². The number of ether oxygens (including phenoxy) is 2. The first-order valence-electron chi connectivity index (χ1n) is 6.67. The molecule has 0 unspecified atom stereocenters. The number of anilines is 1. The third-order valence-corrected chi connectivity index (χ3v) is 4.11. The van der Waals surface area contributed by atoms with Crippen molar-refractivity contribution in [1.29, 1.82) is 0 Å². The highest BCUT2D eigenvalue weighted by molar-refractivity contribution is 9.10. The minimum absolute atomic E-state index is 0.00407. The van der Waals surface area contributed by atoms with E-state index in [0.29, 0.717) is 22.2 Å². The van der Waals surface area contributed by atoms with Crippen LogP contribution in [0.15, 0.2) is 39.9 Å². The van der Waals surface area contributed by atoms with Crippen LogP contribution in [0.5, 0.6) is 11.5 Å². The van der Waals surface area contributed by atoms with Crippen LogP contribution in [0.3, 0.4) is 0 Å². The van der Waals surface area contributed by atoms with E-state index in [9.17, 15) is 9.90 Å². The van der Waals surface area contributed by atoms with Crippen LogP contribution in [0.2, 0.25) is 5.02 Å². The summed E-state index contributed by atoms with van der Waals surface area (Å²) in [5.74, 6) is -0.153. The van der Waals surface area contributed by atoms with Gasteiger partial charge in [0.25, 0.3) is 0 Å². The van der Waals surface area contributed by atoms with E-state index in [2.05, 4.69) is 26.5 Å². The Balaban J connectivity index is 2.23. The number of carboxylic acid groups (broad SMARTS) is 1. The SMILES string of the molecule is COc1cc(Br)c(/C=N\Nc2cc(C(=O)[O-])ccc2Cl)cc1OC. The van der Waals surface area contributed by atoms with E-state index in [4.69, 9.17) is 21.1 Å². The minimum Gasteiger partial charge on any atom is -0.545 e. The van der Waals surface area contributed by atoms with Gasteiger partial charge in [-0.2, -0.15) is 5.10 Å². The molecule has 126 valence electrons. The van der Waals surface area contributed by atoms with Crippen molar-refractivity contribution in [3.63, 3.8) is 0 Å². The first-order chi connectivity index (χ1) is 11.5. The van der Waals surface area contributed by atoms with Gasteiger partial charge in [-0.15, -0.1) is 0 Å². The maximum atomic E-state index is 10.9. The lowest BCUT2D eigenvalue weighted by Gasteiger charge is -2.10. The average molecular weight is 413 g/mol. The van der Waals surface area contributed by atoms with Crippen LogP contribution < -0.4 is 20.0 Å². The summed E-state index contributed by atoms with van der Waals surface area (Å²) in [6.45, 7) is 0. The Labute approximate surface area is 152 Å². The summed E-state index contributed by atoms with van der Waals surface area (Å²) in [5, 5.41) is 15.3. The quantitative estimate of drug-likeness (QED) is 0.583. The van der Waals surface area contributed by atoms with Gasteiger partial charge in [0.1, 0.15) is 0 Å². The third-order valence-electron chi connectivity index (χ3n) is 3.09. The third kappa shape index (κ3) is 4.18. The summed E-state index contributed by atoms with van der Waals surface area (Å²) in [7, 11) is 3.09. The van der Waals surface area contributed by atoms with Crippen molar-refractivity contribution in [1.82, 2.24) is 0 Å². The Hall–Kier alpha value is -2.25. The van der Waals surface area contributed by atoms with Crippen LogP contribution in [-0.4, -0.2) is 26.4 Å². The summed E-state index contributed by atoms with van der Waals surface area (Å²) >= 11 is 9.42. The molecule has 0 aliphatic rings. The Morgan fingerprint density at radius 2 is 1.92 bits per heavy atom. The van der Waals surface area contributed by atoms with Gasteiger partial charge in [0.05, 0.1) is 37.1 Å². The van der Waals surface area contributed by atoms with Gasteiger partial charge >= 0.3 is 0 Å². The molecule has 0 spiro atoms. The molecule has 0 aliphatic carbocycles. The summed E-state index contributed by atoms with van der Waals surface area (Å²) in [4.78, 5) is 10.9. The van der Waals surface area contributed by atoms with Crippen molar-refractivity contribution in [3.05, 3.63) is 51.0 Å². The van der Waals surface area contributed by atoms with E-state index in [0.717, 1.165) is 10.0 Å². The number of carboxylic acids is 1. The van der Waals surface area contributed by atoms with Crippen molar-refractivity contribution in [3.8, 4) is 11.5 Å². The molecule has 8 heteroatoms. The fourth-order valence-corrected chi connectivity index (χ4v) is 2.46. The molecule has 0 fully saturated rings. The maximum absolute atomic E-state index is 10.9. The smallest absolute Gasteiger partial charge is 0.161 e. The van der Waals surface area contributed by atoms with Crippen LogP contribution in [0, 0.1) is 0 Å². The molecule has 2 rings (SSSR count). The van der Waals surface area contributed by atoms with Crippen LogP contribution in [-0.2, 0) is 0 Å². The fourth-order valence-electron chi connectivity index (χ4n) is 1.88. The molecule has 0 amide bonds. The Morgan fingerprint density at radius 3 is 2.54 bits per heavy atom. The van der Waals surface area contributed by atoms with Crippen molar-refractivity contribution in [2.75, 3.05) is 19.6 Å². The van der Waals surface area contributed by atoms with E-state index in [1.165, 1.54) is 31.5 Å². The van der Waals surface area contributed by atoms with Gasteiger partial charge in [-0.1, -0.05) is 17.7 Å². The van der Waals surface area contributed by atoms with Gasteiger partial charge in [0.2, 0.25) is 0 Å². The van der Waals surface area contributed by atoms with Gasteiger partial charge in [-0.3, -0.25) is 5.43 Å². The number of halogens is 2. The number of carbonyl (C=O) groups excluding carboxylic acids is 1. The highest BCUT2D eigenvalue weighted by Gasteiger charge is 2.08. The van der Waals surface area contributed by atoms with Gasteiger partial charge in [-0.25, -0.2) is 0 Å². The molecule has 2 aromatic rings. The molecule has 0 aliphatic heterocycles. The van der Waals surface area contributed by atoms with Gasteiger partial charge in [-0.05, 0) is 45.8 Å². The van der Waals surface area contributed by atoms with Crippen molar-refractivity contribution >= 4 is 45.4 Å². The number of nitrogens with zero attached hydrogens (tertiary/aromatic N) is 1. The van der Waals surface area contributed by atoms with Crippen molar-refractivity contribution in [2.24, 2.45) is 5.10 Å². The van der Waals surface area contributed by atoms with Crippen LogP contribution in [0.4, 0.5) is 5.69 Å². The highest BCUT2D eigenvalue weighted by Crippen LogP contribution is 2.32. The number of aromatic carboxylic acids is 1. The van der Waals surface area contributed by atoms with Crippen LogP contribution in [0.1, 0.15) is 15.9 Å². The minimum atomic E-state index is -1.29. The second-order valence-corrected chi connectivity index (χ2v) is 5.84. The summed E-state index contributed by atoms with van der Waals surface area (Å²) in [6.07, 6.45) is 1.54. The number of hydrogen-bond acceptors (Lipinski definition) is 6. The summed E-state index contributed by atoms with van der Waals surface area (Å²) in [6, 6.07) is 7.66. The highest BCUT2D eigenvalue weighted by atomic mass is 79.9. The molecule has 0 radical (unpaired) electrons. The molecule has 0 heterocycles. The zero-order valence-electron chi connectivity index (χ0n) is 12.8. The number of hydrogen-bond donors (Lipinski definition) is 1. The second kappa shape index (κ2) is 8.03. The molecular weight excluding hydrogens is 400 g/mol. The first-order valence-corrected chi connectivity index (χ1v) is 7.85. The molecule has 0 bridgehead atoms. The second-order valence-electron chi connectivity index (χ2n) is 4.58. The van der Waals surface area contributed by atoms with E-state index < -0.39 is 5.97 Å². The molecule has 2 aromatic carbocycles. The fraction of sp³-hybridized carbons (Fsp3) is 0.125. The Kier molecular flexibility index (Phi) is 6.05. The lowest BCUT2D eigenvalue weighted by atomic mass is 10.2. The number of rotatable bonds is 6. The summed E-state index contributed by atoms with van der Waals surface area (Å²) < 4.78 is 11.2. The van der Waals surface area contributed by atoms with Crippen LogP contribution in [0.25, 0.3) is 0 Å². The van der Waals surface area contributed by atoms with E-state index >= 15 is 0 Å².